The topological polar surface area (TPSA) is 104 Å². The third-order valence-corrected chi connectivity index (χ3v) is 5.49. The molecule has 1 saturated heterocycles. The Morgan fingerprint density at radius 1 is 1.38 bits per heavy atom. The largest absolute Gasteiger partial charge is 0.334 e. The highest BCUT2D eigenvalue weighted by Gasteiger charge is 2.31. The number of hydrogen-bond donors (Lipinski definition) is 1. The fraction of sp³-hybridized carbons (Fsp3) is 0.500. The Morgan fingerprint density at radius 3 is 3.08 bits per heavy atom. The summed E-state index contributed by atoms with van der Waals surface area (Å²) < 4.78 is 32.9. The molecule has 10 heteroatoms. The van der Waals surface area contributed by atoms with Crippen molar-refractivity contribution in [1.82, 2.24) is 25.3 Å². The van der Waals surface area contributed by atoms with Crippen LogP contribution in [0.25, 0.3) is 5.57 Å². The Kier molecular flexibility index (Phi) is 3.74. The number of rotatable bonds is 2. The van der Waals surface area contributed by atoms with Gasteiger partial charge >= 0.3 is 0 Å². The molecule has 1 N–H and O–H groups in total. The third-order valence-electron chi connectivity index (χ3n) is 4.34. The van der Waals surface area contributed by atoms with Gasteiger partial charge in [-0.05, 0) is 19.2 Å². The fourth-order valence-corrected chi connectivity index (χ4v) is 3.94. The number of aromatic nitrogens is 2. The summed E-state index contributed by atoms with van der Waals surface area (Å²) in [5, 5.41) is 7.39. The van der Waals surface area contributed by atoms with Gasteiger partial charge in [0.2, 0.25) is 0 Å². The van der Waals surface area contributed by atoms with E-state index in [2.05, 4.69) is 24.8 Å². The zero-order valence-corrected chi connectivity index (χ0v) is 14.0. The van der Waals surface area contributed by atoms with Crippen LogP contribution in [0.1, 0.15) is 17.8 Å². The molecule has 0 spiro atoms. The smallest absolute Gasteiger partial charge is 0.261 e. The molecule has 1 atom stereocenters. The van der Waals surface area contributed by atoms with E-state index in [9.17, 15) is 8.42 Å². The van der Waals surface area contributed by atoms with Crippen molar-refractivity contribution in [3.63, 3.8) is 0 Å². The minimum Gasteiger partial charge on any atom is -0.334 e. The lowest BCUT2D eigenvalue weighted by molar-refractivity contribution is 0.190. The Labute approximate surface area is 139 Å². The van der Waals surface area contributed by atoms with Gasteiger partial charge < -0.3 is 14.7 Å². The Bertz CT molecular complexity index is 840. The summed E-state index contributed by atoms with van der Waals surface area (Å²) in [6, 6.07) is 0.0316. The number of fused-ring (bicyclic) bond motifs is 1. The zero-order chi connectivity index (χ0) is 16.7. The Hall–Kier alpha value is -2.04. The number of piperazine rings is 1. The molecule has 0 amide bonds. The molecular weight excluding hydrogens is 332 g/mol. The lowest BCUT2D eigenvalue weighted by Gasteiger charge is -2.30. The van der Waals surface area contributed by atoms with Crippen molar-refractivity contribution in [3.05, 3.63) is 30.1 Å². The van der Waals surface area contributed by atoms with E-state index >= 15 is 0 Å². The predicted molar refractivity (Wildman–Crippen MR) is 87.6 cm³/mol. The van der Waals surface area contributed by atoms with E-state index in [1.165, 1.54) is 0 Å². The Morgan fingerprint density at radius 2 is 2.25 bits per heavy atom. The summed E-state index contributed by atoms with van der Waals surface area (Å²) in [4.78, 5) is 8.43. The standard InChI is InChI=1S/C14H18N6O3S/c1-19-6-4-15-9-11(19)12-16-14(23-17-12)10-3-2-5-20-7-8-24(21,22)18-13(10)20/h2-3,5,11,15H,4,6-9H2,1H3. The second kappa shape index (κ2) is 5.80. The molecular formula is C14H18N6O3S. The quantitative estimate of drug-likeness (QED) is 0.768. The van der Waals surface area contributed by atoms with Gasteiger partial charge in [-0.25, -0.2) is 8.42 Å². The molecule has 4 heterocycles. The summed E-state index contributed by atoms with van der Waals surface area (Å²) in [7, 11) is -1.44. The molecule has 24 heavy (non-hydrogen) atoms. The average Bonchev–Trinajstić information content (AvgIpc) is 3.03. The van der Waals surface area contributed by atoms with Crippen molar-refractivity contribution in [2.75, 3.05) is 39.0 Å². The lowest BCUT2D eigenvalue weighted by atomic mass is 10.1. The molecule has 3 aliphatic rings. The van der Waals surface area contributed by atoms with Gasteiger partial charge in [-0.3, -0.25) is 4.90 Å². The van der Waals surface area contributed by atoms with Crippen molar-refractivity contribution in [2.45, 2.75) is 6.04 Å². The van der Waals surface area contributed by atoms with Gasteiger partial charge in [0.1, 0.15) is 0 Å². The van der Waals surface area contributed by atoms with Crippen LogP contribution < -0.4 is 5.32 Å². The van der Waals surface area contributed by atoms with Crippen molar-refractivity contribution in [2.24, 2.45) is 4.40 Å². The lowest BCUT2D eigenvalue weighted by Crippen LogP contribution is -2.44. The van der Waals surface area contributed by atoms with E-state index in [4.69, 9.17) is 4.52 Å². The minimum absolute atomic E-state index is 0.00173. The van der Waals surface area contributed by atoms with Gasteiger partial charge in [0.05, 0.1) is 17.4 Å². The molecule has 3 aliphatic heterocycles. The first-order valence-electron chi connectivity index (χ1n) is 7.76. The van der Waals surface area contributed by atoms with E-state index in [0.29, 0.717) is 23.8 Å². The van der Waals surface area contributed by atoms with Gasteiger partial charge in [0, 0.05) is 32.4 Å². The molecule has 128 valence electrons. The van der Waals surface area contributed by atoms with Crippen LogP contribution in [0.3, 0.4) is 0 Å². The maximum absolute atomic E-state index is 11.8. The predicted octanol–water partition coefficient (Wildman–Crippen LogP) is -0.400. The normalized spacial score (nSPS) is 26.7. The van der Waals surface area contributed by atoms with Crippen LogP contribution in [0.5, 0.6) is 0 Å². The molecule has 0 saturated carbocycles. The zero-order valence-electron chi connectivity index (χ0n) is 13.2. The molecule has 0 bridgehead atoms. The first kappa shape index (κ1) is 15.5. The first-order valence-corrected chi connectivity index (χ1v) is 9.37. The molecule has 1 unspecified atom stereocenters. The third kappa shape index (κ3) is 2.76. The number of sulfonamides is 1. The maximum atomic E-state index is 11.8. The van der Waals surface area contributed by atoms with E-state index in [0.717, 1.165) is 19.6 Å². The fourth-order valence-electron chi connectivity index (χ4n) is 2.96. The molecule has 0 aromatic carbocycles. The monoisotopic (exact) mass is 350 g/mol. The Balaban J connectivity index is 1.67. The van der Waals surface area contributed by atoms with Crippen LogP contribution in [-0.4, -0.2) is 73.2 Å². The molecule has 1 aromatic rings. The average molecular weight is 350 g/mol. The van der Waals surface area contributed by atoms with Crippen LogP contribution in [0.2, 0.25) is 0 Å². The highest BCUT2D eigenvalue weighted by molar-refractivity contribution is 7.90. The van der Waals surface area contributed by atoms with Crippen LogP contribution in [-0.2, 0) is 10.0 Å². The van der Waals surface area contributed by atoms with Gasteiger partial charge in [0.15, 0.2) is 11.7 Å². The van der Waals surface area contributed by atoms with E-state index in [-0.39, 0.29) is 17.7 Å². The van der Waals surface area contributed by atoms with E-state index in [1.807, 2.05) is 13.1 Å². The summed E-state index contributed by atoms with van der Waals surface area (Å²) in [6.07, 6.45) is 5.37. The summed E-state index contributed by atoms with van der Waals surface area (Å²) in [5.41, 5.74) is 0.533. The van der Waals surface area contributed by atoms with Gasteiger partial charge in [-0.15, -0.1) is 4.40 Å². The molecule has 0 radical (unpaired) electrons. The molecule has 0 aliphatic carbocycles. The first-order chi connectivity index (χ1) is 11.5. The van der Waals surface area contributed by atoms with Crippen LogP contribution >= 0.6 is 0 Å². The molecule has 9 nitrogen and oxygen atoms in total. The second-order valence-corrected chi connectivity index (χ2v) is 7.73. The molecule has 4 rings (SSSR count). The molecule has 1 fully saturated rings. The number of amidine groups is 1. The minimum atomic E-state index is -3.45. The number of nitrogens with zero attached hydrogens (tertiary/aromatic N) is 5. The van der Waals surface area contributed by atoms with Crippen molar-refractivity contribution in [1.29, 1.82) is 0 Å². The van der Waals surface area contributed by atoms with Gasteiger partial charge in [0.25, 0.3) is 15.9 Å². The summed E-state index contributed by atoms with van der Waals surface area (Å²) >= 11 is 0. The number of hydrogen-bond acceptors (Lipinski definition) is 8. The van der Waals surface area contributed by atoms with Gasteiger partial charge in [-0.1, -0.05) is 5.16 Å². The highest BCUT2D eigenvalue weighted by Crippen LogP contribution is 2.26. The van der Waals surface area contributed by atoms with Crippen LogP contribution in [0, 0.1) is 0 Å². The maximum Gasteiger partial charge on any atom is 0.261 e. The SMILES string of the molecule is CN1CCNCC1c1noc(C2=CC=CN3CCS(=O)(=O)N=C23)n1. The van der Waals surface area contributed by atoms with E-state index < -0.39 is 10.0 Å². The van der Waals surface area contributed by atoms with E-state index in [1.54, 1.807) is 17.2 Å². The van der Waals surface area contributed by atoms with Crippen molar-refractivity contribution < 1.29 is 12.9 Å². The van der Waals surface area contributed by atoms with Crippen molar-refractivity contribution in [3.8, 4) is 0 Å². The van der Waals surface area contributed by atoms with Crippen LogP contribution in [0.4, 0.5) is 0 Å². The number of nitrogens with one attached hydrogen (secondary N) is 1. The number of allylic oxidation sites excluding steroid dienone is 2. The summed E-state index contributed by atoms with van der Waals surface area (Å²) in [6.45, 7) is 2.94. The van der Waals surface area contributed by atoms with Crippen molar-refractivity contribution >= 4 is 21.4 Å². The highest BCUT2D eigenvalue weighted by atomic mass is 32.2. The second-order valence-electron chi connectivity index (χ2n) is 5.97. The molecule has 1 aromatic heterocycles. The van der Waals surface area contributed by atoms with Crippen LogP contribution in [0.15, 0.2) is 27.3 Å². The summed E-state index contributed by atoms with van der Waals surface area (Å²) in [5.74, 6) is 1.21. The number of likely N-dealkylation sites (N-methyl/N-ethyl adjacent to an activating group) is 1. The van der Waals surface area contributed by atoms with Gasteiger partial charge in [-0.2, -0.15) is 4.98 Å².